The highest BCUT2D eigenvalue weighted by Gasteiger charge is 2.02. The fourth-order valence-electron chi connectivity index (χ4n) is 1.44. The molecule has 1 aromatic carbocycles. The Hall–Kier alpha value is -3.00. The maximum absolute atomic E-state index is 11.7. The first-order valence-corrected chi connectivity index (χ1v) is 5.54. The van der Waals surface area contributed by atoms with E-state index in [1.165, 1.54) is 18.6 Å². The summed E-state index contributed by atoms with van der Waals surface area (Å²) in [5.41, 5.74) is 4.02. The van der Waals surface area contributed by atoms with Crippen molar-refractivity contribution in [1.82, 2.24) is 10.4 Å². The van der Waals surface area contributed by atoms with Crippen LogP contribution < -0.4 is 5.43 Å². The number of hydrogen-bond acceptors (Lipinski definition) is 4. The Bertz CT molecular complexity index is 644. The number of hydrogen-bond donors (Lipinski definition) is 1. The molecule has 0 bridgehead atoms. The van der Waals surface area contributed by atoms with Gasteiger partial charge in [0.05, 0.1) is 17.8 Å². The highest BCUT2D eigenvalue weighted by Crippen LogP contribution is 2.03. The Morgan fingerprint density at radius 3 is 2.74 bits per heavy atom. The van der Waals surface area contributed by atoms with Gasteiger partial charge in [0.2, 0.25) is 0 Å². The molecule has 92 valence electrons. The van der Waals surface area contributed by atoms with Gasteiger partial charge in [-0.15, -0.1) is 0 Å². The maximum atomic E-state index is 11.7. The summed E-state index contributed by atoms with van der Waals surface area (Å²) in [5.74, 6) is -0.326. The van der Waals surface area contributed by atoms with Gasteiger partial charge in [0.1, 0.15) is 0 Å². The number of nitrogens with zero attached hydrogens (tertiary/aromatic N) is 3. The lowest BCUT2D eigenvalue weighted by molar-refractivity contribution is 0.0955. The molecule has 0 spiro atoms. The van der Waals surface area contributed by atoms with Crippen molar-refractivity contribution in [2.24, 2.45) is 5.10 Å². The number of pyridine rings is 1. The molecule has 0 saturated carbocycles. The number of rotatable bonds is 3. The summed E-state index contributed by atoms with van der Waals surface area (Å²) in [6.45, 7) is 0. The summed E-state index contributed by atoms with van der Waals surface area (Å²) in [6.07, 6.45) is 4.50. The molecule has 19 heavy (non-hydrogen) atoms. The fourth-order valence-corrected chi connectivity index (χ4v) is 1.44. The number of nitriles is 1. The minimum atomic E-state index is -0.326. The molecule has 2 aromatic rings. The van der Waals surface area contributed by atoms with Gasteiger partial charge in [0, 0.05) is 23.5 Å². The molecule has 1 aromatic heterocycles. The van der Waals surface area contributed by atoms with Crippen LogP contribution in [0, 0.1) is 11.3 Å². The number of amides is 1. The minimum absolute atomic E-state index is 0.326. The van der Waals surface area contributed by atoms with E-state index in [9.17, 15) is 4.79 Å². The summed E-state index contributed by atoms with van der Waals surface area (Å²) < 4.78 is 0. The standard InChI is InChI=1S/C14H10N4O/c15-9-12-3-1-2-4-13(12)10-17-18-14(19)11-5-7-16-8-6-11/h1-8,10H,(H,18,19)/b17-10+. The Morgan fingerprint density at radius 1 is 1.26 bits per heavy atom. The molecule has 1 N–H and O–H groups in total. The summed E-state index contributed by atoms with van der Waals surface area (Å²) in [4.78, 5) is 15.5. The largest absolute Gasteiger partial charge is 0.271 e. The van der Waals surface area contributed by atoms with Crippen LogP contribution in [0.4, 0.5) is 0 Å². The highest BCUT2D eigenvalue weighted by atomic mass is 16.2. The van der Waals surface area contributed by atoms with E-state index < -0.39 is 0 Å². The molecule has 0 saturated heterocycles. The lowest BCUT2D eigenvalue weighted by Crippen LogP contribution is -2.17. The summed E-state index contributed by atoms with van der Waals surface area (Å²) in [5, 5.41) is 12.7. The van der Waals surface area contributed by atoms with Gasteiger partial charge in [0.15, 0.2) is 0 Å². The number of benzene rings is 1. The van der Waals surface area contributed by atoms with Gasteiger partial charge in [-0.05, 0) is 18.2 Å². The van der Waals surface area contributed by atoms with Crippen molar-refractivity contribution in [2.45, 2.75) is 0 Å². The van der Waals surface area contributed by atoms with Gasteiger partial charge in [-0.25, -0.2) is 5.43 Å². The third-order valence-electron chi connectivity index (χ3n) is 2.39. The SMILES string of the molecule is N#Cc1ccccc1/C=N/NC(=O)c1ccncc1. The van der Waals surface area contributed by atoms with Crippen LogP contribution in [0.25, 0.3) is 0 Å². The van der Waals surface area contributed by atoms with E-state index >= 15 is 0 Å². The van der Waals surface area contributed by atoms with Crippen LogP contribution in [0.3, 0.4) is 0 Å². The van der Waals surface area contributed by atoms with E-state index in [1.807, 2.05) is 0 Å². The lowest BCUT2D eigenvalue weighted by atomic mass is 10.1. The van der Waals surface area contributed by atoms with Crippen LogP contribution >= 0.6 is 0 Å². The first-order chi connectivity index (χ1) is 9.31. The van der Waals surface area contributed by atoms with E-state index in [1.54, 1.807) is 36.4 Å². The van der Waals surface area contributed by atoms with Gasteiger partial charge < -0.3 is 0 Å². The van der Waals surface area contributed by atoms with Gasteiger partial charge in [0.25, 0.3) is 5.91 Å². The van der Waals surface area contributed by atoms with Crippen molar-refractivity contribution in [3.63, 3.8) is 0 Å². The third-order valence-corrected chi connectivity index (χ3v) is 2.39. The van der Waals surface area contributed by atoms with Crippen LogP contribution in [0.2, 0.25) is 0 Å². The van der Waals surface area contributed by atoms with Gasteiger partial charge in [-0.1, -0.05) is 18.2 Å². The molecule has 1 amide bonds. The lowest BCUT2D eigenvalue weighted by Gasteiger charge is -1.99. The highest BCUT2D eigenvalue weighted by molar-refractivity contribution is 5.94. The van der Waals surface area contributed by atoms with Crippen LogP contribution in [-0.2, 0) is 0 Å². The summed E-state index contributed by atoms with van der Waals surface area (Å²) >= 11 is 0. The minimum Gasteiger partial charge on any atom is -0.267 e. The van der Waals surface area contributed by atoms with Crippen molar-refractivity contribution >= 4 is 12.1 Å². The van der Waals surface area contributed by atoms with E-state index in [4.69, 9.17) is 5.26 Å². The first-order valence-electron chi connectivity index (χ1n) is 5.54. The molecule has 0 aliphatic heterocycles. The first kappa shape index (κ1) is 12.5. The van der Waals surface area contributed by atoms with Gasteiger partial charge in [-0.2, -0.15) is 10.4 Å². The maximum Gasteiger partial charge on any atom is 0.271 e. The average molecular weight is 250 g/mol. The second-order valence-corrected chi connectivity index (χ2v) is 3.63. The van der Waals surface area contributed by atoms with Crippen LogP contribution in [0.5, 0.6) is 0 Å². The fraction of sp³-hybridized carbons (Fsp3) is 0. The van der Waals surface area contributed by atoms with Gasteiger partial charge >= 0.3 is 0 Å². The summed E-state index contributed by atoms with van der Waals surface area (Å²) in [6, 6.07) is 12.2. The molecule has 1 heterocycles. The smallest absolute Gasteiger partial charge is 0.267 e. The van der Waals surface area contributed by atoms with E-state index in [2.05, 4.69) is 21.6 Å². The second-order valence-electron chi connectivity index (χ2n) is 3.63. The Kier molecular flexibility index (Phi) is 3.98. The van der Waals surface area contributed by atoms with Crippen LogP contribution in [0.15, 0.2) is 53.9 Å². The van der Waals surface area contributed by atoms with Gasteiger partial charge in [-0.3, -0.25) is 9.78 Å². The average Bonchev–Trinajstić information content (AvgIpc) is 2.48. The van der Waals surface area contributed by atoms with Crippen molar-refractivity contribution in [1.29, 1.82) is 5.26 Å². The zero-order valence-electron chi connectivity index (χ0n) is 9.95. The molecule has 0 atom stereocenters. The van der Waals surface area contributed by atoms with Crippen LogP contribution in [0.1, 0.15) is 21.5 Å². The molecule has 5 heteroatoms. The number of nitrogens with one attached hydrogen (secondary N) is 1. The number of aromatic nitrogens is 1. The van der Waals surface area contributed by atoms with Crippen molar-refractivity contribution < 1.29 is 4.79 Å². The predicted octanol–water partition coefficient (Wildman–Crippen LogP) is 1.72. The molecule has 0 radical (unpaired) electrons. The molecule has 0 aliphatic rings. The van der Waals surface area contributed by atoms with E-state index in [-0.39, 0.29) is 5.91 Å². The third kappa shape index (κ3) is 3.23. The normalized spacial score (nSPS) is 10.1. The molecule has 0 fully saturated rings. The van der Waals surface area contributed by atoms with Crippen molar-refractivity contribution in [3.8, 4) is 6.07 Å². The molecular formula is C14H10N4O. The molecule has 0 aliphatic carbocycles. The molecular weight excluding hydrogens is 240 g/mol. The number of carbonyl (C=O) groups is 1. The molecule has 0 unspecified atom stereocenters. The van der Waals surface area contributed by atoms with Crippen molar-refractivity contribution in [2.75, 3.05) is 0 Å². The summed E-state index contributed by atoms with van der Waals surface area (Å²) in [7, 11) is 0. The quantitative estimate of drug-likeness (QED) is 0.665. The second kappa shape index (κ2) is 6.07. The monoisotopic (exact) mass is 250 g/mol. The molecule has 2 rings (SSSR count). The zero-order chi connectivity index (χ0) is 13.5. The number of hydrazone groups is 1. The topological polar surface area (TPSA) is 78.1 Å². The molecule has 5 nitrogen and oxygen atoms in total. The zero-order valence-corrected chi connectivity index (χ0v) is 9.95. The Labute approximate surface area is 110 Å². The van der Waals surface area contributed by atoms with E-state index in [0.29, 0.717) is 16.7 Å². The van der Waals surface area contributed by atoms with Crippen molar-refractivity contribution in [3.05, 3.63) is 65.5 Å². The van der Waals surface area contributed by atoms with Crippen LogP contribution in [-0.4, -0.2) is 17.1 Å². The predicted molar refractivity (Wildman–Crippen MR) is 70.5 cm³/mol. The number of carbonyl (C=O) groups excluding carboxylic acids is 1. The Balaban J connectivity index is 2.05. The van der Waals surface area contributed by atoms with E-state index in [0.717, 1.165) is 0 Å². The Morgan fingerprint density at radius 2 is 2.00 bits per heavy atom.